The Morgan fingerprint density at radius 1 is 1.45 bits per heavy atom. The van der Waals surface area contributed by atoms with Gasteiger partial charge in [0.05, 0.1) is 23.0 Å². The molecular formula is C16H20ClN3. The molecule has 2 unspecified atom stereocenters. The van der Waals surface area contributed by atoms with Gasteiger partial charge in [-0.3, -0.25) is 4.68 Å². The maximum Gasteiger partial charge on any atom is 0.0834 e. The summed E-state index contributed by atoms with van der Waals surface area (Å²) in [5.41, 5.74) is 4.00. The average Bonchev–Trinajstić information content (AvgIpc) is 2.75. The largest absolute Gasteiger partial charge is 0.308 e. The predicted octanol–water partition coefficient (Wildman–Crippen LogP) is 3.45. The molecule has 106 valence electrons. The van der Waals surface area contributed by atoms with Gasteiger partial charge in [0.1, 0.15) is 0 Å². The second kappa shape index (κ2) is 5.58. The topological polar surface area (TPSA) is 29.9 Å². The van der Waals surface area contributed by atoms with Crippen LogP contribution in [0.4, 0.5) is 0 Å². The summed E-state index contributed by atoms with van der Waals surface area (Å²) in [6, 6.07) is 8.92. The molecular weight excluding hydrogens is 270 g/mol. The third kappa shape index (κ3) is 2.25. The van der Waals surface area contributed by atoms with Crippen LogP contribution in [0.3, 0.4) is 0 Å². The highest BCUT2D eigenvalue weighted by molar-refractivity contribution is 6.31. The van der Waals surface area contributed by atoms with Gasteiger partial charge in [-0.15, -0.1) is 0 Å². The van der Waals surface area contributed by atoms with Gasteiger partial charge in [0.15, 0.2) is 0 Å². The molecule has 2 atom stereocenters. The summed E-state index contributed by atoms with van der Waals surface area (Å²) < 4.78 is 1.90. The highest BCUT2D eigenvalue weighted by Crippen LogP contribution is 2.44. The number of halogens is 1. The molecule has 0 amide bonds. The number of rotatable bonds is 5. The fraction of sp³-hybridized carbons (Fsp3) is 0.438. The Kier molecular flexibility index (Phi) is 3.81. The van der Waals surface area contributed by atoms with E-state index in [2.05, 4.69) is 41.6 Å². The number of nitrogens with one attached hydrogen (secondary N) is 1. The number of aryl methyl sites for hydroxylation is 1. The predicted molar refractivity (Wildman–Crippen MR) is 82.1 cm³/mol. The standard InChI is InChI=1S/C16H20ClN3/c1-3-8-18-15(16-14(17)10-19-20(16)2)13-9-11-6-4-5-7-12(11)13/h4-7,10,13,15,18H,3,8-9H2,1-2H3. The van der Waals surface area contributed by atoms with Crippen molar-refractivity contribution in [2.45, 2.75) is 31.7 Å². The lowest BCUT2D eigenvalue weighted by Gasteiger charge is -2.37. The van der Waals surface area contributed by atoms with Crippen LogP contribution in [0, 0.1) is 0 Å². The van der Waals surface area contributed by atoms with Crippen molar-refractivity contribution in [2.75, 3.05) is 6.54 Å². The van der Waals surface area contributed by atoms with Gasteiger partial charge in [-0.05, 0) is 30.5 Å². The van der Waals surface area contributed by atoms with E-state index in [9.17, 15) is 0 Å². The average molecular weight is 290 g/mol. The van der Waals surface area contributed by atoms with E-state index in [-0.39, 0.29) is 6.04 Å². The number of nitrogens with zero attached hydrogens (tertiary/aromatic N) is 2. The molecule has 3 rings (SSSR count). The third-order valence-corrected chi connectivity index (χ3v) is 4.43. The molecule has 3 nitrogen and oxygen atoms in total. The normalized spacial score (nSPS) is 18.4. The van der Waals surface area contributed by atoms with E-state index in [0.29, 0.717) is 5.92 Å². The molecule has 0 radical (unpaired) electrons. The zero-order valence-corrected chi connectivity index (χ0v) is 12.7. The Hall–Kier alpha value is -1.32. The summed E-state index contributed by atoms with van der Waals surface area (Å²) in [6.07, 6.45) is 3.96. The fourth-order valence-electron chi connectivity index (χ4n) is 3.09. The van der Waals surface area contributed by atoms with Crippen LogP contribution in [0.1, 0.15) is 42.1 Å². The van der Waals surface area contributed by atoms with Gasteiger partial charge in [-0.1, -0.05) is 42.8 Å². The molecule has 0 saturated carbocycles. The second-order valence-corrected chi connectivity index (χ2v) is 5.85. The minimum absolute atomic E-state index is 0.241. The number of hydrogen-bond acceptors (Lipinski definition) is 2. The van der Waals surface area contributed by atoms with Crippen LogP contribution in [0.5, 0.6) is 0 Å². The first-order valence-corrected chi connectivity index (χ1v) is 7.58. The second-order valence-electron chi connectivity index (χ2n) is 5.44. The van der Waals surface area contributed by atoms with Gasteiger partial charge in [-0.25, -0.2) is 0 Å². The van der Waals surface area contributed by atoms with Crippen LogP contribution >= 0.6 is 11.6 Å². The van der Waals surface area contributed by atoms with Crippen LogP contribution in [0.15, 0.2) is 30.5 Å². The number of hydrogen-bond donors (Lipinski definition) is 1. The summed E-state index contributed by atoms with van der Waals surface area (Å²) in [7, 11) is 1.96. The first-order valence-electron chi connectivity index (χ1n) is 7.21. The Balaban J connectivity index is 1.93. The van der Waals surface area contributed by atoms with Gasteiger partial charge in [-0.2, -0.15) is 5.10 Å². The minimum atomic E-state index is 0.241. The molecule has 4 heteroatoms. The quantitative estimate of drug-likeness (QED) is 0.914. The molecule has 1 N–H and O–H groups in total. The van der Waals surface area contributed by atoms with Crippen molar-refractivity contribution in [2.24, 2.45) is 7.05 Å². The number of aromatic nitrogens is 2. The van der Waals surface area contributed by atoms with Gasteiger partial charge in [0.2, 0.25) is 0 Å². The lowest BCUT2D eigenvalue weighted by Crippen LogP contribution is -2.35. The molecule has 1 aliphatic carbocycles. The highest BCUT2D eigenvalue weighted by atomic mass is 35.5. The molecule has 1 aliphatic rings. The summed E-state index contributed by atoms with van der Waals surface area (Å²) >= 11 is 6.35. The maximum atomic E-state index is 6.35. The van der Waals surface area contributed by atoms with Gasteiger partial charge >= 0.3 is 0 Å². The maximum absolute atomic E-state index is 6.35. The van der Waals surface area contributed by atoms with Crippen molar-refractivity contribution in [3.05, 3.63) is 52.3 Å². The molecule has 20 heavy (non-hydrogen) atoms. The van der Waals surface area contributed by atoms with E-state index in [1.54, 1.807) is 6.20 Å². The summed E-state index contributed by atoms with van der Waals surface area (Å²) in [5.74, 6) is 0.491. The summed E-state index contributed by atoms with van der Waals surface area (Å²) in [6.45, 7) is 3.18. The first-order chi connectivity index (χ1) is 9.72. The molecule has 1 heterocycles. The van der Waals surface area contributed by atoms with Crippen LogP contribution in [-0.2, 0) is 13.5 Å². The Bertz CT molecular complexity index is 586. The van der Waals surface area contributed by atoms with E-state index in [1.807, 2.05) is 11.7 Å². The molecule has 0 saturated heterocycles. The van der Waals surface area contributed by atoms with E-state index >= 15 is 0 Å². The van der Waals surface area contributed by atoms with E-state index in [4.69, 9.17) is 11.6 Å². The molecule has 2 aromatic rings. The molecule has 1 aromatic heterocycles. The molecule has 0 aliphatic heterocycles. The van der Waals surface area contributed by atoms with Crippen LogP contribution in [0.25, 0.3) is 0 Å². The zero-order chi connectivity index (χ0) is 14.1. The van der Waals surface area contributed by atoms with Crippen LogP contribution < -0.4 is 5.32 Å². The minimum Gasteiger partial charge on any atom is -0.308 e. The Morgan fingerprint density at radius 3 is 2.90 bits per heavy atom. The van der Waals surface area contributed by atoms with Crippen molar-refractivity contribution < 1.29 is 0 Å². The van der Waals surface area contributed by atoms with Crippen LogP contribution in [-0.4, -0.2) is 16.3 Å². The smallest absolute Gasteiger partial charge is 0.0834 e. The fourth-order valence-corrected chi connectivity index (χ4v) is 3.38. The molecule has 0 fully saturated rings. The van der Waals surface area contributed by atoms with Crippen LogP contribution in [0.2, 0.25) is 5.02 Å². The van der Waals surface area contributed by atoms with Gasteiger partial charge in [0.25, 0.3) is 0 Å². The molecule has 0 spiro atoms. The zero-order valence-electron chi connectivity index (χ0n) is 11.9. The monoisotopic (exact) mass is 289 g/mol. The SMILES string of the molecule is CCCNC(c1c(Cl)cnn1C)C1Cc2ccccc21. The first kappa shape index (κ1) is 13.7. The van der Waals surface area contributed by atoms with E-state index < -0.39 is 0 Å². The van der Waals surface area contributed by atoms with Crippen molar-refractivity contribution in [1.29, 1.82) is 0 Å². The van der Waals surface area contributed by atoms with Crippen molar-refractivity contribution >= 4 is 11.6 Å². The molecule has 0 bridgehead atoms. The Labute approximate surface area is 124 Å². The number of benzene rings is 1. The summed E-state index contributed by atoms with van der Waals surface area (Å²) in [4.78, 5) is 0. The van der Waals surface area contributed by atoms with Crippen molar-refractivity contribution in [3.63, 3.8) is 0 Å². The molecule has 1 aromatic carbocycles. The van der Waals surface area contributed by atoms with E-state index in [1.165, 1.54) is 11.1 Å². The third-order valence-electron chi connectivity index (χ3n) is 4.14. The van der Waals surface area contributed by atoms with Gasteiger partial charge < -0.3 is 5.32 Å². The van der Waals surface area contributed by atoms with Crippen molar-refractivity contribution in [1.82, 2.24) is 15.1 Å². The van der Waals surface area contributed by atoms with E-state index in [0.717, 1.165) is 30.1 Å². The lowest BCUT2D eigenvalue weighted by molar-refractivity contribution is 0.391. The highest BCUT2D eigenvalue weighted by Gasteiger charge is 2.35. The Morgan fingerprint density at radius 2 is 2.25 bits per heavy atom. The summed E-state index contributed by atoms with van der Waals surface area (Å²) in [5, 5.41) is 8.69. The number of fused-ring (bicyclic) bond motifs is 1. The van der Waals surface area contributed by atoms with Gasteiger partial charge in [0, 0.05) is 13.0 Å². The lowest BCUT2D eigenvalue weighted by atomic mass is 9.72. The van der Waals surface area contributed by atoms with Crippen molar-refractivity contribution in [3.8, 4) is 0 Å².